The van der Waals surface area contributed by atoms with Gasteiger partial charge in [0.2, 0.25) is 15.9 Å². The van der Waals surface area contributed by atoms with Gasteiger partial charge in [-0.1, -0.05) is 23.4 Å². The first-order valence-corrected chi connectivity index (χ1v) is 12.7. The lowest BCUT2D eigenvalue weighted by Gasteiger charge is -2.39. The Kier molecular flexibility index (Phi) is 6.22. The number of sulfonamides is 1. The summed E-state index contributed by atoms with van der Waals surface area (Å²) >= 11 is 0. The average Bonchev–Trinajstić information content (AvgIpc) is 3.32. The molecule has 11 heteroatoms. The molecular weight excluding hydrogens is 472 g/mol. The zero-order valence-corrected chi connectivity index (χ0v) is 20.2. The van der Waals surface area contributed by atoms with Crippen LogP contribution in [0, 0.1) is 6.92 Å². The minimum Gasteiger partial charge on any atom is -0.497 e. The van der Waals surface area contributed by atoms with Gasteiger partial charge in [-0.05, 0) is 42.3 Å². The summed E-state index contributed by atoms with van der Waals surface area (Å²) in [6.45, 7) is 2.78. The van der Waals surface area contributed by atoms with Gasteiger partial charge in [0.05, 0.1) is 31.6 Å². The molecule has 2 aliphatic rings. The van der Waals surface area contributed by atoms with Gasteiger partial charge in [-0.3, -0.25) is 9.69 Å². The van der Waals surface area contributed by atoms with Crippen LogP contribution in [0.2, 0.25) is 0 Å². The van der Waals surface area contributed by atoms with E-state index in [0.29, 0.717) is 18.0 Å². The third kappa shape index (κ3) is 4.62. The molecule has 3 heterocycles. The second kappa shape index (κ2) is 9.33. The first kappa shape index (κ1) is 23.3. The molecule has 1 N–H and O–H groups in total. The number of nitrogens with one attached hydrogen (secondary N) is 1. The molecule has 1 fully saturated rings. The topological polar surface area (TPSA) is 114 Å². The van der Waals surface area contributed by atoms with Gasteiger partial charge in [0, 0.05) is 19.6 Å². The normalized spacial score (nSPS) is 19.4. The summed E-state index contributed by atoms with van der Waals surface area (Å²) in [5.41, 5.74) is 2.42. The number of ether oxygens (including phenoxy) is 2. The van der Waals surface area contributed by atoms with Gasteiger partial charge in [0.25, 0.3) is 0 Å². The lowest BCUT2D eigenvalue weighted by molar-refractivity contribution is -0.118. The number of hydrogen-bond donors (Lipinski definition) is 1. The number of carbonyl (C=O) groups excluding carboxylic acids is 1. The fourth-order valence-corrected chi connectivity index (χ4v) is 5.97. The van der Waals surface area contributed by atoms with Gasteiger partial charge < -0.3 is 19.3 Å². The molecule has 1 saturated heterocycles. The third-order valence-electron chi connectivity index (χ3n) is 6.33. The molecule has 1 aromatic heterocycles. The van der Waals surface area contributed by atoms with E-state index in [1.807, 2.05) is 47.4 Å². The Labute approximate surface area is 203 Å². The van der Waals surface area contributed by atoms with E-state index in [1.165, 1.54) is 10.5 Å². The first-order chi connectivity index (χ1) is 16.8. The molecule has 184 valence electrons. The Morgan fingerprint density at radius 2 is 1.97 bits per heavy atom. The number of piperazine rings is 1. The molecule has 0 aliphatic carbocycles. The zero-order chi connectivity index (χ0) is 24.6. The van der Waals surface area contributed by atoms with E-state index >= 15 is 0 Å². The Morgan fingerprint density at radius 3 is 2.74 bits per heavy atom. The summed E-state index contributed by atoms with van der Waals surface area (Å²) in [6, 6.07) is 13.0. The van der Waals surface area contributed by atoms with E-state index in [4.69, 9.17) is 14.0 Å². The van der Waals surface area contributed by atoms with Crippen molar-refractivity contribution in [1.29, 1.82) is 0 Å². The minimum absolute atomic E-state index is 0.0584. The standard InChI is InChI=1S/C24H26N4O6S/c1-16-23(12-25-34-16)35(30,31)28-9-8-27-14-24(29)26-21-11-18(17-4-3-5-20(10-17)32-2)6-7-22(21)33-15-19(27)13-28/h3-7,10-12,19H,8-9,13-15H2,1-2H3,(H,26,29)/t19-/m1/s1. The van der Waals surface area contributed by atoms with Gasteiger partial charge in [-0.2, -0.15) is 4.31 Å². The number of rotatable bonds is 4. The lowest BCUT2D eigenvalue weighted by Crippen LogP contribution is -2.57. The van der Waals surface area contributed by atoms with E-state index in [9.17, 15) is 13.2 Å². The van der Waals surface area contributed by atoms with Crippen molar-refractivity contribution in [3.8, 4) is 22.6 Å². The maximum atomic E-state index is 13.1. The van der Waals surface area contributed by atoms with Crippen LogP contribution < -0.4 is 14.8 Å². The van der Waals surface area contributed by atoms with E-state index in [-0.39, 0.29) is 48.8 Å². The summed E-state index contributed by atoms with van der Waals surface area (Å²) in [5.74, 6) is 1.33. The summed E-state index contributed by atoms with van der Waals surface area (Å²) in [6.07, 6.45) is 1.22. The Balaban J connectivity index is 1.39. The van der Waals surface area contributed by atoms with Crippen molar-refractivity contribution in [2.24, 2.45) is 0 Å². The van der Waals surface area contributed by atoms with Crippen molar-refractivity contribution < 1.29 is 27.2 Å². The molecule has 0 bridgehead atoms. The van der Waals surface area contributed by atoms with Crippen LogP contribution in [-0.2, 0) is 14.8 Å². The predicted octanol–water partition coefficient (Wildman–Crippen LogP) is 2.36. The molecule has 0 unspecified atom stereocenters. The van der Waals surface area contributed by atoms with Crippen LogP contribution in [0.1, 0.15) is 5.76 Å². The number of aromatic nitrogens is 1. The molecule has 10 nitrogen and oxygen atoms in total. The molecule has 1 atom stereocenters. The number of methoxy groups -OCH3 is 1. The van der Waals surface area contributed by atoms with Crippen LogP contribution in [0.15, 0.2) is 58.1 Å². The molecule has 0 spiro atoms. The summed E-state index contributed by atoms with van der Waals surface area (Å²) < 4.78 is 44.0. The monoisotopic (exact) mass is 498 g/mol. The molecule has 0 radical (unpaired) electrons. The van der Waals surface area contributed by atoms with Crippen LogP contribution in [-0.4, -0.2) is 74.6 Å². The van der Waals surface area contributed by atoms with Crippen LogP contribution in [0.5, 0.6) is 11.5 Å². The smallest absolute Gasteiger partial charge is 0.248 e. The van der Waals surface area contributed by atoms with Gasteiger partial charge in [-0.15, -0.1) is 0 Å². The van der Waals surface area contributed by atoms with Crippen molar-refractivity contribution in [1.82, 2.24) is 14.4 Å². The Morgan fingerprint density at radius 1 is 1.14 bits per heavy atom. The molecular formula is C24H26N4O6S. The van der Waals surface area contributed by atoms with E-state index in [1.54, 1.807) is 14.0 Å². The van der Waals surface area contributed by atoms with Crippen molar-refractivity contribution in [2.45, 2.75) is 17.9 Å². The fourth-order valence-electron chi connectivity index (χ4n) is 4.42. The highest BCUT2D eigenvalue weighted by Crippen LogP contribution is 2.33. The van der Waals surface area contributed by atoms with Crippen LogP contribution in [0.4, 0.5) is 5.69 Å². The van der Waals surface area contributed by atoms with E-state index < -0.39 is 10.0 Å². The SMILES string of the molecule is COc1cccc(-c2ccc3c(c2)NC(=O)CN2CCN(S(=O)(=O)c4cnoc4C)C[C@@H]2CO3)c1. The summed E-state index contributed by atoms with van der Waals surface area (Å²) in [5, 5.41) is 6.56. The Hall–Kier alpha value is -3.41. The Bertz CT molecular complexity index is 1360. The van der Waals surface area contributed by atoms with Crippen molar-refractivity contribution >= 4 is 21.6 Å². The van der Waals surface area contributed by atoms with E-state index in [2.05, 4.69) is 10.5 Å². The quantitative estimate of drug-likeness (QED) is 0.583. The molecule has 0 saturated carbocycles. The van der Waals surface area contributed by atoms with E-state index in [0.717, 1.165) is 16.9 Å². The molecule has 2 aliphatic heterocycles. The third-order valence-corrected chi connectivity index (χ3v) is 8.29. The number of carbonyl (C=O) groups is 1. The number of anilines is 1. The lowest BCUT2D eigenvalue weighted by atomic mass is 10.0. The number of aryl methyl sites for hydroxylation is 1. The second-order valence-corrected chi connectivity index (χ2v) is 10.4. The number of amides is 1. The summed E-state index contributed by atoms with van der Waals surface area (Å²) in [4.78, 5) is 14.9. The molecule has 3 aromatic rings. The van der Waals surface area contributed by atoms with Crippen molar-refractivity contribution in [3.05, 3.63) is 54.4 Å². The van der Waals surface area contributed by atoms with Gasteiger partial charge in [-0.25, -0.2) is 8.42 Å². The first-order valence-electron chi connectivity index (χ1n) is 11.2. The highest BCUT2D eigenvalue weighted by molar-refractivity contribution is 7.89. The highest BCUT2D eigenvalue weighted by atomic mass is 32.2. The molecule has 35 heavy (non-hydrogen) atoms. The maximum Gasteiger partial charge on any atom is 0.248 e. The zero-order valence-electron chi connectivity index (χ0n) is 19.4. The maximum absolute atomic E-state index is 13.1. The number of nitrogens with zero attached hydrogens (tertiary/aromatic N) is 3. The average molecular weight is 499 g/mol. The molecule has 5 rings (SSSR count). The van der Waals surface area contributed by atoms with Crippen LogP contribution in [0.3, 0.4) is 0 Å². The highest BCUT2D eigenvalue weighted by Gasteiger charge is 2.37. The second-order valence-electron chi connectivity index (χ2n) is 8.54. The van der Waals surface area contributed by atoms with Crippen molar-refractivity contribution in [3.63, 3.8) is 0 Å². The number of benzene rings is 2. The fraction of sp³-hybridized carbons (Fsp3) is 0.333. The van der Waals surface area contributed by atoms with Crippen LogP contribution in [0.25, 0.3) is 11.1 Å². The number of fused-ring (bicyclic) bond motifs is 2. The summed E-state index contributed by atoms with van der Waals surface area (Å²) in [7, 11) is -2.15. The largest absolute Gasteiger partial charge is 0.497 e. The minimum atomic E-state index is -3.76. The van der Waals surface area contributed by atoms with Gasteiger partial charge in [0.1, 0.15) is 23.0 Å². The number of hydrogen-bond acceptors (Lipinski definition) is 8. The van der Waals surface area contributed by atoms with Crippen LogP contribution >= 0.6 is 0 Å². The van der Waals surface area contributed by atoms with Crippen molar-refractivity contribution in [2.75, 3.05) is 45.2 Å². The van der Waals surface area contributed by atoms with Gasteiger partial charge in [0.15, 0.2) is 5.76 Å². The molecule has 2 aromatic carbocycles. The molecule has 1 amide bonds. The predicted molar refractivity (Wildman–Crippen MR) is 128 cm³/mol. The van der Waals surface area contributed by atoms with Gasteiger partial charge >= 0.3 is 0 Å².